The molecule has 0 radical (unpaired) electrons. The van der Waals surface area contributed by atoms with Gasteiger partial charge < -0.3 is 5.32 Å². The summed E-state index contributed by atoms with van der Waals surface area (Å²) in [5, 5.41) is 3.57. The van der Waals surface area contributed by atoms with Gasteiger partial charge in [-0.1, -0.05) is 0 Å². The van der Waals surface area contributed by atoms with Gasteiger partial charge in [0.15, 0.2) is 0 Å². The summed E-state index contributed by atoms with van der Waals surface area (Å²) >= 11 is 3.73. The molecule has 0 unspecified atom stereocenters. The van der Waals surface area contributed by atoms with E-state index in [9.17, 15) is 0 Å². The Morgan fingerprint density at radius 2 is 2.40 bits per heavy atom. The summed E-state index contributed by atoms with van der Waals surface area (Å²) in [6.45, 7) is 0. The van der Waals surface area contributed by atoms with Crippen LogP contribution in [0.5, 0.6) is 0 Å². The summed E-state index contributed by atoms with van der Waals surface area (Å²) < 4.78 is 1.27. The fourth-order valence-corrected chi connectivity index (χ4v) is 3.64. The Hall–Kier alpha value is -0.740. The third kappa shape index (κ3) is 1.96. The Kier molecular flexibility index (Phi) is 2.54. The quantitative estimate of drug-likeness (QED) is 0.866. The van der Waals surface area contributed by atoms with Gasteiger partial charge in [0.05, 0.1) is 15.7 Å². The summed E-state index contributed by atoms with van der Waals surface area (Å²) in [6.07, 6.45) is 1.28. The number of hydrogen-bond acceptors (Lipinski definition) is 4. The van der Waals surface area contributed by atoms with Crippen molar-refractivity contribution in [2.75, 3.05) is 16.8 Å². The number of nitrogens with one attached hydrogen (secondary N) is 1. The lowest BCUT2D eigenvalue weighted by molar-refractivity contribution is 0.813. The van der Waals surface area contributed by atoms with E-state index in [1.807, 2.05) is 17.3 Å². The highest BCUT2D eigenvalue weighted by Gasteiger charge is 2.14. The molecule has 2 heterocycles. The fourth-order valence-electron chi connectivity index (χ4n) is 1.83. The number of benzene rings is 1. The molecule has 1 aromatic heterocycles. The lowest BCUT2D eigenvalue weighted by atomic mass is 10.2. The van der Waals surface area contributed by atoms with Gasteiger partial charge in [0.25, 0.3) is 0 Å². The van der Waals surface area contributed by atoms with E-state index in [-0.39, 0.29) is 0 Å². The third-order valence-electron chi connectivity index (χ3n) is 2.63. The molecule has 1 saturated heterocycles. The van der Waals surface area contributed by atoms with E-state index >= 15 is 0 Å². The molecule has 1 aliphatic heterocycles. The Balaban J connectivity index is 1.84. The van der Waals surface area contributed by atoms with Gasteiger partial charge in [-0.15, -0.1) is 11.3 Å². The minimum absolute atomic E-state index is 0.645. The molecule has 1 atom stereocenters. The fraction of sp³-hybridized carbons (Fsp3) is 0.364. The summed E-state index contributed by atoms with van der Waals surface area (Å²) in [6, 6.07) is 7.10. The van der Waals surface area contributed by atoms with Crippen molar-refractivity contribution in [2.45, 2.75) is 12.5 Å². The van der Waals surface area contributed by atoms with Crippen LogP contribution in [0.25, 0.3) is 10.2 Å². The van der Waals surface area contributed by atoms with Gasteiger partial charge in [-0.3, -0.25) is 0 Å². The number of anilines is 1. The minimum Gasteiger partial charge on any atom is -0.381 e. The van der Waals surface area contributed by atoms with Gasteiger partial charge in [0.1, 0.15) is 0 Å². The first-order chi connectivity index (χ1) is 7.42. The zero-order chi connectivity index (χ0) is 10.1. The molecule has 1 aliphatic rings. The van der Waals surface area contributed by atoms with E-state index in [1.54, 1.807) is 11.3 Å². The molecule has 3 rings (SSSR count). The number of aromatic nitrogens is 1. The highest BCUT2D eigenvalue weighted by atomic mass is 32.2. The molecule has 2 nitrogen and oxygen atoms in total. The monoisotopic (exact) mass is 236 g/mol. The summed E-state index contributed by atoms with van der Waals surface area (Å²) in [5.74, 6) is 2.52. The average molecular weight is 236 g/mol. The van der Waals surface area contributed by atoms with Crippen molar-refractivity contribution in [3.05, 3.63) is 23.7 Å². The van der Waals surface area contributed by atoms with Crippen molar-refractivity contribution in [3.63, 3.8) is 0 Å². The highest BCUT2D eigenvalue weighted by Crippen LogP contribution is 2.25. The molecule has 15 heavy (non-hydrogen) atoms. The van der Waals surface area contributed by atoms with Crippen molar-refractivity contribution < 1.29 is 0 Å². The van der Waals surface area contributed by atoms with Crippen LogP contribution < -0.4 is 5.32 Å². The van der Waals surface area contributed by atoms with E-state index in [4.69, 9.17) is 0 Å². The zero-order valence-electron chi connectivity index (χ0n) is 8.27. The molecule has 1 fully saturated rings. The first-order valence-corrected chi connectivity index (χ1v) is 7.13. The van der Waals surface area contributed by atoms with Gasteiger partial charge in [0.2, 0.25) is 0 Å². The second-order valence-corrected chi connectivity index (χ2v) is 5.78. The molecule has 1 N–H and O–H groups in total. The maximum Gasteiger partial charge on any atom is 0.0832 e. The van der Waals surface area contributed by atoms with Crippen LogP contribution in [0, 0.1) is 0 Å². The molecule has 0 amide bonds. The molecular formula is C11H12N2S2. The molecule has 0 aliphatic carbocycles. The number of hydrogen-bond donors (Lipinski definition) is 1. The lowest BCUT2D eigenvalue weighted by Gasteiger charge is -2.12. The molecule has 0 saturated carbocycles. The van der Waals surface area contributed by atoms with Gasteiger partial charge in [-0.25, -0.2) is 4.98 Å². The van der Waals surface area contributed by atoms with Crippen LogP contribution in [0.3, 0.4) is 0 Å². The van der Waals surface area contributed by atoms with Crippen LogP contribution >= 0.6 is 23.1 Å². The molecule has 78 valence electrons. The number of thioether (sulfide) groups is 1. The first kappa shape index (κ1) is 9.48. The second-order valence-electron chi connectivity index (χ2n) is 3.74. The zero-order valence-corrected chi connectivity index (χ0v) is 9.90. The minimum atomic E-state index is 0.645. The Morgan fingerprint density at radius 1 is 1.40 bits per heavy atom. The third-order valence-corrected chi connectivity index (χ3v) is 4.60. The Bertz CT molecular complexity index is 460. The number of rotatable bonds is 2. The molecule has 0 bridgehead atoms. The van der Waals surface area contributed by atoms with E-state index in [0.717, 1.165) is 5.52 Å². The van der Waals surface area contributed by atoms with Crippen molar-refractivity contribution in [1.29, 1.82) is 0 Å². The van der Waals surface area contributed by atoms with Crippen LogP contribution in [-0.2, 0) is 0 Å². The molecule has 4 heteroatoms. The Morgan fingerprint density at radius 3 is 3.27 bits per heavy atom. The van der Waals surface area contributed by atoms with Gasteiger partial charge in [-0.2, -0.15) is 11.8 Å². The van der Waals surface area contributed by atoms with E-state index in [0.29, 0.717) is 6.04 Å². The maximum atomic E-state index is 4.33. The SMILES string of the molecule is c1nc2cc(N[C@H]3CCSC3)ccc2s1. The van der Waals surface area contributed by atoms with E-state index in [2.05, 4.69) is 28.5 Å². The lowest BCUT2D eigenvalue weighted by Crippen LogP contribution is -2.17. The number of thiazole rings is 1. The van der Waals surface area contributed by atoms with Crippen molar-refractivity contribution in [3.8, 4) is 0 Å². The number of fused-ring (bicyclic) bond motifs is 1. The second kappa shape index (κ2) is 4.02. The average Bonchev–Trinajstić information content (AvgIpc) is 2.87. The van der Waals surface area contributed by atoms with Crippen LogP contribution in [0.2, 0.25) is 0 Å². The van der Waals surface area contributed by atoms with E-state index < -0.39 is 0 Å². The van der Waals surface area contributed by atoms with E-state index in [1.165, 1.54) is 28.3 Å². The molecule has 1 aromatic carbocycles. The van der Waals surface area contributed by atoms with Crippen molar-refractivity contribution in [2.24, 2.45) is 0 Å². The molecular weight excluding hydrogens is 224 g/mol. The van der Waals surface area contributed by atoms with Crippen LogP contribution in [0.1, 0.15) is 6.42 Å². The van der Waals surface area contributed by atoms with Crippen molar-refractivity contribution in [1.82, 2.24) is 4.98 Å². The topological polar surface area (TPSA) is 24.9 Å². The van der Waals surface area contributed by atoms with Crippen LogP contribution in [0.15, 0.2) is 23.7 Å². The normalized spacial score (nSPS) is 20.9. The van der Waals surface area contributed by atoms with Gasteiger partial charge >= 0.3 is 0 Å². The number of nitrogens with zero attached hydrogens (tertiary/aromatic N) is 1. The molecule has 2 aromatic rings. The van der Waals surface area contributed by atoms with Gasteiger partial charge in [-0.05, 0) is 30.4 Å². The largest absolute Gasteiger partial charge is 0.381 e. The molecule has 0 spiro atoms. The summed E-state index contributed by atoms with van der Waals surface area (Å²) in [5.41, 5.74) is 4.22. The Labute approximate surface area is 97.1 Å². The first-order valence-electron chi connectivity index (χ1n) is 5.09. The maximum absolute atomic E-state index is 4.33. The summed E-state index contributed by atoms with van der Waals surface area (Å²) in [7, 11) is 0. The predicted octanol–water partition coefficient (Wildman–Crippen LogP) is 3.21. The highest BCUT2D eigenvalue weighted by molar-refractivity contribution is 7.99. The standard InChI is InChI=1S/C11H12N2S2/c1-2-11-10(12-7-15-11)5-8(1)13-9-3-4-14-6-9/h1-2,5,7,9,13H,3-4,6H2/t9-/m0/s1. The smallest absolute Gasteiger partial charge is 0.0832 e. The summed E-state index contributed by atoms with van der Waals surface area (Å²) in [4.78, 5) is 4.33. The van der Waals surface area contributed by atoms with Crippen LogP contribution in [-0.4, -0.2) is 22.5 Å². The predicted molar refractivity (Wildman–Crippen MR) is 69.0 cm³/mol. The van der Waals surface area contributed by atoms with Crippen LogP contribution in [0.4, 0.5) is 5.69 Å². The van der Waals surface area contributed by atoms with Crippen molar-refractivity contribution >= 4 is 39.0 Å². The van der Waals surface area contributed by atoms with Gasteiger partial charge in [0, 0.05) is 17.5 Å².